The number of hydrogen-bond acceptors (Lipinski definition) is 5. The van der Waals surface area contributed by atoms with E-state index in [1.54, 1.807) is 50.2 Å². The molecule has 8 nitrogen and oxygen atoms in total. The van der Waals surface area contributed by atoms with Crippen LogP contribution in [0.25, 0.3) is 0 Å². The monoisotopic (exact) mass is 537 g/mol. The fourth-order valence-electron chi connectivity index (χ4n) is 4.01. The number of anilines is 1. The van der Waals surface area contributed by atoms with Crippen LogP contribution in [0, 0.1) is 13.8 Å². The van der Waals surface area contributed by atoms with Crippen LogP contribution in [0.15, 0.2) is 77.7 Å². The molecule has 0 aliphatic carbocycles. The predicted molar refractivity (Wildman–Crippen MR) is 149 cm³/mol. The fraction of sp³-hybridized carbons (Fsp3) is 0.310. The molecule has 1 N–H and O–H groups in total. The third-order valence-corrected chi connectivity index (χ3v) is 8.14. The summed E-state index contributed by atoms with van der Waals surface area (Å²) in [5.41, 5.74) is 3.02. The van der Waals surface area contributed by atoms with E-state index in [0.29, 0.717) is 12.3 Å². The Morgan fingerprint density at radius 2 is 1.66 bits per heavy atom. The largest absolute Gasteiger partial charge is 0.497 e. The van der Waals surface area contributed by atoms with E-state index in [2.05, 4.69) is 5.32 Å². The highest BCUT2D eigenvalue weighted by Crippen LogP contribution is 2.28. The van der Waals surface area contributed by atoms with Crippen LogP contribution < -0.4 is 14.4 Å². The Hall–Kier alpha value is -3.85. The number of aryl methyl sites for hydroxylation is 2. The second kappa shape index (κ2) is 12.6. The first kappa shape index (κ1) is 28.7. The van der Waals surface area contributed by atoms with Crippen molar-refractivity contribution in [2.45, 2.75) is 45.2 Å². The van der Waals surface area contributed by atoms with Gasteiger partial charge < -0.3 is 15.0 Å². The molecule has 0 radical (unpaired) electrons. The number of carbonyl (C=O) groups is 2. The molecule has 3 aromatic carbocycles. The minimum atomic E-state index is -4.13. The molecule has 0 saturated carbocycles. The maximum atomic E-state index is 13.9. The van der Waals surface area contributed by atoms with Crippen LogP contribution in [0.1, 0.15) is 30.5 Å². The van der Waals surface area contributed by atoms with Crippen LogP contribution in [0.4, 0.5) is 5.69 Å². The van der Waals surface area contributed by atoms with Gasteiger partial charge in [0.1, 0.15) is 18.3 Å². The Labute approximate surface area is 225 Å². The van der Waals surface area contributed by atoms with Gasteiger partial charge in [-0.2, -0.15) is 0 Å². The number of rotatable bonds is 11. The molecule has 38 heavy (non-hydrogen) atoms. The van der Waals surface area contributed by atoms with Gasteiger partial charge in [-0.15, -0.1) is 0 Å². The molecular formula is C29H35N3O5S. The number of methoxy groups -OCH3 is 1. The molecule has 0 fully saturated rings. The average molecular weight is 538 g/mol. The molecule has 0 aliphatic rings. The lowest BCUT2D eigenvalue weighted by Crippen LogP contribution is -2.51. The van der Waals surface area contributed by atoms with Gasteiger partial charge in [0.15, 0.2) is 0 Å². The molecule has 0 aliphatic heterocycles. The van der Waals surface area contributed by atoms with E-state index in [9.17, 15) is 18.0 Å². The van der Waals surface area contributed by atoms with Crippen LogP contribution in [0.5, 0.6) is 5.75 Å². The van der Waals surface area contributed by atoms with Crippen molar-refractivity contribution in [3.05, 3.63) is 89.5 Å². The third-order valence-electron chi connectivity index (χ3n) is 6.35. The van der Waals surface area contributed by atoms with E-state index in [4.69, 9.17) is 4.74 Å². The molecule has 0 saturated heterocycles. The van der Waals surface area contributed by atoms with Gasteiger partial charge in [0, 0.05) is 19.2 Å². The lowest BCUT2D eigenvalue weighted by Gasteiger charge is -2.32. The van der Waals surface area contributed by atoms with E-state index < -0.39 is 28.5 Å². The lowest BCUT2D eigenvalue weighted by molar-refractivity contribution is -0.139. The Balaban J connectivity index is 2.06. The van der Waals surface area contributed by atoms with Crippen LogP contribution in [0.2, 0.25) is 0 Å². The minimum absolute atomic E-state index is 0.0564. The van der Waals surface area contributed by atoms with Gasteiger partial charge in [0.25, 0.3) is 10.0 Å². The molecule has 3 aromatic rings. The van der Waals surface area contributed by atoms with Gasteiger partial charge in [-0.05, 0) is 63.1 Å². The molecule has 2 amide bonds. The number of ether oxygens (including phenoxy) is 1. The van der Waals surface area contributed by atoms with Crippen molar-refractivity contribution in [3.63, 3.8) is 0 Å². The number of carbonyl (C=O) groups excluding carboxylic acids is 2. The molecule has 0 spiro atoms. The molecule has 202 valence electrons. The van der Waals surface area contributed by atoms with Crippen molar-refractivity contribution >= 4 is 27.5 Å². The highest BCUT2D eigenvalue weighted by molar-refractivity contribution is 7.92. The molecular weight excluding hydrogens is 502 g/mol. The number of amides is 2. The van der Waals surface area contributed by atoms with Crippen LogP contribution in [0.3, 0.4) is 0 Å². The number of benzene rings is 3. The average Bonchev–Trinajstić information content (AvgIpc) is 2.91. The number of nitrogens with zero attached hydrogens (tertiary/aromatic N) is 2. The minimum Gasteiger partial charge on any atom is -0.497 e. The van der Waals surface area contributed by atoms with E-state index in [-0.39, 0.29) is 23.0 Å². The predicted octanol–water partition coefficient (Wildman–Crippen LogP) is 4.06. The Morgan fingerprint density at radius 1 is 0.974 bits per heavy atom. The van der Waals surface area contributed by atoms with Gasteiger partial charge in [-0.25, -0.2) is 8.42 Å². The quantitative estimate of drug-likeness (QED) is 0.398. The molecule has 0 heterocycles. The van der Waals surface area contributed by atoms with Crippen molar-refractivity contribution in [1.29, 1.82) is 0 Å². The zero-order chi connectivity index (χ0) is 27.9. The zero-order valence-corrected chi connectivity index (χ0v) is 23.3. The van der Waals surface area contributed by atoms with Gasteiger partial charge >= 0.3 is 0 Å². The highest BCUT2D eigenvalue weighted by atomic mass is 32.2. The number of likely N-dealkylation sites (N-methyl/N-ethyl adjacent to an activating group) is 1. The summed E-state index contributed by atoms with van der Waals surface area (Å²) in [6.45, 7) is 7.31. The summed E-state index contributed by atoms with van der Waals surface area (Å²) >= 11 is 0. The van der Waals surface area contributed by atoms with E-state index in [1.165, 1.54) is 24.1 Å². The topological polar surface area (TPSA) is 96.0 Å². The Bertz CT molecular complexity index is 1370. The smallest absolute Gasteiger partial charge is 0.264 e. The molecule has 3 rings (SSSR count). The van der Waals surface area contributed by atoms with Crippen LogP contribution >= 0.6 is 0 Å². The molecule has 9 heteroatoms. The van der Waals surface area contributed by atoms with Crippen molar-refractivity contribution in [2.75, 3.05) is 24.5 Å². The summed E-state index contributed by atoms with van der Waals surface area (Å²) in [5.74, 6) is -0.374. The fourth-order valence-corrected chi connectivity index (χ4v) is 5.41. The van der Waals surface area contributed by atoms with Crippen molar-refractivity contribution in [1.82, 2.24) is 10.2 Å². The Kier molecular flexibility index (Phi) is 9.52. The van der Waals surface area contributed by atoms with Gasteiger partial charge in [0.05, 0.1) is 17.7 Å². The summed E-state index contributed by atoms with van der Waals surface area (Å²) < 4.78 is 34.1. The summed E-state index contributed by atoms with van der Waals surface area (Å²) in [7, 11) is -2.64. The van der Waals surface area contributed by atoms with E-state index in [1.807, 2.05) is 38.1 Å². The van der Waals surface area contributed by atoms with E-state index in [0.717, 1.165) is 21.0 Å². The standard InChI is InChI=1S/C29H35N3O5S/c1-6-30-29(34)23(4)31(19-24-11-8-7-10-22(24)3)28(33)20-32(25-12-9-13-26(18-25)37-5)38(35,36)27-16-14-21(2)15-17-27/h7-18,23H,6,19-20H2,1-5H3,(H,30,34). The normalized spacial score (nSPS) is 11.9. The summed E-state index contributed by atoms with van der Waals surface area (Å²) in [5, 5.41) is 2.76. The van der Waals surface area contributed by atoms with Crippen LogP contribution in [-0.4, -0.2) is 51.4 Å². The zero-order valence-electron chi connectivity index (χ0n) is 22.5. The van der Waals surface area contributed by atoms with Gasteiger partial charge in [0.2, 0.25) is 11.8 Å². The van der Waals surface area contributed by atoms with Crippen molar-refractivity contribution in [2.24, 2.45) is 0 Å². The molecule has 1 atom stereocenters. The lowest BCUT2D eigenvalue weighted by atomic mass is 10.1. The van der Waals surface area contributed by atoms with Crippen molar-refractivity contribution < 1.29 is 22.7 Å². The van der Waals surface area contributed by atoms with Gasteiger partial charge in [-0.1, -0.05) is 48.0 Å². The first-order valence-electron chi connectivity index (χ1n) is 12.4. The first-order valence-corrected chi connectivity index (χ1v) is 13.9. The van der Waals surface area contributed by atoms with E-state index >= 15 is 0 Å². The number of sulfonamides is 1. The second-order valence-corrected chi connectivity index (χ2v) is 10.9. The molecule has 1 unspecified atom stereocenters. The van der Waals surface area contributed by atoms with Gasteiger partial charge in [-0.3, -0.25) is 13.9 Å². The first-order chi connectivity index (χ1) is 18.1. The number of hydrogen-bond donors (Lipinski definition) is 1. The maximum absolute atomic E-state index is 13.9. The highest BCUT2D eigenvalue weighted by Gasteiger charge is 2.32. The summed E-state index contributed by atoms with van der Waals surface area (Å²) in [4.78, 5) is 28.2. The van der Waals surface area contributed by atoms with Crippen LogP contribution in [-0.2, 0) is 26.2 Å². The Morgan fingerprint density at radius 3 is 2.29 bits per heavy atom. The summed E-state index contributed by atoms with van der Waals surface area (Å²) in [6, 6.07) is 19.8. The summed E-state index contributed by atoms with van der Waals surface area (Å²) in [6.07, 6.45) is 0. The molecule has 0 aromatic heterocycles. The molecule has 0 bridgehead atoms. The maximum Gasteiger partial charge on any atom is 0.264 e. The second-order valence-electron chi connectivity index (χ2n) is 9.04. The SMILES string of the molecule is CCNC(=O)C(C)N(Cc1ccccc1C)C(=O)CN(c1cccc(OC)c1)S(=O)(=O)c1ccc(C)cc1. The number of nitrogens with one attached hydrogen (secondary N) is 1. The third kappa shape index (κ3) is 6.72. The van der Waals surface area contributed by atoms with Crippen molar-refractivity contribution in [3.8, 4) is 5.75 Å².